The highest BCUT2D eigenvalue weighted by Crippen LogP contribution is 2.35. The number of nitrogens with one attached hydrogen (secondary N) is 2. The van der Waals surface area contributed by atoms with Crippen LogP contribution < -0.4 is 10.1 Å². The molecule has 0 spiro atoms. The van der Waals surface area contributed by atoms with Gasteiger partial charge in [-0.15, -0.1) is 0 Å². The first-order valence-electron chi connectivity index (χ1n) is 11.3. The Morgan fingerprint density at radius 1 is 1.13 bits per heavy atom. The number of aromatic nitrogens is 1. The van der Waals surface area contributed by atoms with Crippen molar-refractivity contribution in [2.45, 2.75) is 51.5 Å². The van der Waals surface area contributed by atoms with E-state index in [4.69, 9.17) is 4.74 Å². The van der Waals surface area contributed by atoms with E-state index in [-0.39, 0.29) is 11.9 Å². The lowest BCUT2D eigenvalue weighted by Crippen LogP contribution is -2.45. The van der Waals surface area contributed by atoms with Gasteiger partial charge in [-0.2, -0.15) is 0 Å². The summed E-state index contributed by atoms with van der Waals surface area (Å²) < 4.78 is 5.41. The smallest absolute Gasteiger partial charge is 0.241 e. The van der Waals surface area contributed by atoms with Crippen LogP contribution in [-0.4, -0.2) is 42.0 Å². The number of hydrogen-bond acceptors (Lipinski definition) is 3. The van der Waals surface area contributed by atoms with Gasteiger partial charge in [-0.05, 0) is 80.1 Å². The third-order valence-electron chi connectivity index (χ3n) is 6.66. The van der Waals surface area contributed by atoms with Crippen molar-refractivity contribution >= 4 is 22.5 Å². The van der Waals surface area contributed by atoms with Gasteiger partial charge >= 0.3 is 0 Å². The molecular weight excluding hydrogens is 386 g/mol. The molecule has 5 heteroatoms. The molecule has 2 N–H and O–H groups in total. The fourth-order valence-corrected chi connectivity index (χ4v) is 4.70. The fourth-order valence-electron chi connectivity index (χ4n) is 4.70. The van der Waals surface area contributed by atoms with Crippen molar-refractivity contribution in [1.82, 2.24) is 9.88 Å². The zero-order valence-electron chi connectivity index (χ0n) is 18.9. The molecule has 1 fully saturated rings. The van der Waals surface area contributed by atoms with E-state index in [1.807, 2.05) is 31.2 Å². The van der Waals surface area contributed by atoms with Crippen LogP contribution in [0.2, 0.25) is 0 Å². The maximum Gasteiger partial charge on any atom is 0.241 e. The number of nitrogens with zero attached hydrogens (tertiary/aromatic N) is 1. The molecule has 2 aromatic carbocycles. The number of anilines is 1. The maximum absolute atomic E-state index is 13.0. The molecule has 1 aromatic heterocycles. The van der Waals surface area contributed by atoms with Gasteiger partial charge in [0.1, 0.15) is 5.75 Å². The van der Waals surface area contributed by atoms with E-state index in [0.717, 1.165) is 42.9 Å². The predicted octanol–water partition coefficient (Wildman–Crippen LogP) is 5.51. The molecule has 1 aliphatic rings. The summed E-state index contributed by atoms with van der Waals surface area (Å²) in [5, 5.41) is 4.41. The number of carbonyl (C=O) groups is 1. The minimum absolute atomic E-state index is 0.0726. The number of benzene rings is 2. The van der Waals surface area contributed by atoms with E-state index >= 15 is 0 Å². The van der Waals surface area contributed by atoms with Crippen molar-refractivity contribution < 1.29 is 9.53 Å². The summed E-state index contributed by atoms with van der Waals surface area (Å²) in [6.07, 6.45) is 4.23. The van der Waals surface area contributed by atoms with Crippen molar-refractivity contribution in [3.05, 3.63) is 59.8 Å². The van der Waals surface area contributed by atoms with E-state index < -0.39 is 0 Å². The number of hydrogen-bond donors (Lipinski definition) is 2. The SMILES string of the molecule is COc1ccc2[nH]cc(C3CCN(C(C)C(=O)Nc4ccccc4C(C)C)CC3)c2c1. The number of ether oxygens (including phenoxy) is 1. The van der Waals surface area contributed by atoms with E-state index in [2.05, 4.69) is 53.4 Å². The Balaban J connectivity index is 1.40. The average molecular weight is 420 g/mol. The molecular formula is C26H33N3O2. The van der Waals surface area contributed by atoms with Gasteiger partial charge < -0.3 is 15.0 Å². The van der Waals surface area contributed by atoms with E-state index in [9.17, 15) is 4.79 Å². The molecule has 0 aliphatic carbocycles. The summed E-state index contributed by atoms with van der Waals surface area (Å²) in [6, 6.07) is 14.1. The van der Waals surface area contributed by atoms with Crippen LogP contribution in [0.1, 0.15) is 56.6 Å². The third kappa shape index (κ3) is 4.47. The lowest BCUT2D eigenvalue weighted by atomic mass is 9.88. The molecule has 0 radical (unpaired) electrons. The van der Waals surface area contributed by atoms with Gasteiger partial charge in [0.2, 0.25) is 5.91 Å². The van der Waals surface area contributed by atoms with Crippen molar-refractivity contribution in [3.8, 4) is 5.75 Å². The maximum atomic E-state index is 13.0. The van der Waals surface area contributed by atoms with Gasteiger partial charge in [-0.25, -0.2) is 0 Å². The van der Waals surface area contributed by atoms with Crippen LogP contribution in [0, 0.1) is 0 Å². The molecule has 3 aromatic rings. The predicted molar refractivity (Wildman–Crippen MR) is 127 cm³/mol. The first kappa shape index (κ1) is 21.4. The molecule has 5 nitrogen and oxygen atoms in total. The number of para-hydroxylation sites is 1. The third-order valence-corrected chi connectivity index (χ3v) is 6.66. The highest BCUT2D eigenvalue weighted by atomic mass is 16.5. The number of methoxy groups -OCH3 is 1. The second-order valence-corrected chi connectivity index (χ2v) is 8.87. The first-order valence-corrected chi connectivity index (χ1v) is 11.3. The van der Waals surface area contributed by atoms with Crippen LogP contribution in [0.5, 0.6) is 5.75 Å². The lowest BCUT2D eigenvalue weighted by molar-refractivity contribution is -0.121. The largest absolute Gasteiger partial charge is 0.497 e. The summed E-state index contributed by atoms with van der Waals surface area (Å²) in [7, 11) is 1.71. The first-order chi connectivity index (χ1) is 15.0. The second-order valence-electron chi connectivity index (χ2n) is 8.87. The minimum Gasteiger partial charge on any atom is -0.497 e. The van der Waals surface area contributed by atoms with Crippen LogP contribution in [0.25, 0.3) is 10.9 Å². The molecule has 0 saturated carbocycles. The Hall–Kier alpha value is -2.79. The summed E-state index contributed by atoms with van der Waals surface area (Å²) in [4.78, 5) is 18.7. The van der Waals surface area contributed by atoms with Gasteiger partial charge in [-0.3, -0.25) is 9.69 Å². The Morgan fingerprint density at radius 3 is 2.58 bits per heavy atom. The molecule has 31 heavy (non-hydrogen) atoms. The van der Waals surface area contributed by atoms with Crippen LogP contribution in [-0.2, 0) is 4.79 Å². The molecule has 1 unspecified atom stereocenters. The van der Waals surface area contributed by atoms with Crippen molar-refractivity contribution in [2.75, 3.05) is 25.5 Å². The van der Waals surface area contributed by atoms with Crippen LogP contribution in [0.15, 0.2) is 48.7 Å². The number of piperidine rings is 1. The van der Waals surface area contributed by atoms with Crippen molar-refractivity contribution in [2.24, 2.45) is 0 Å². The summed E-state index contributed by atoms with van der Waals surface area (Å²) >= 11 is 0. The van der Waals surface area contributed by atoms with E-state index in [0.29, 0.717) is 11.8 Å². The molecule has 164 valence electrons. The topological polar surface area (TPSA) is 57.4 Å². The Kier molecular flexibility index (Phi) is 6.33. The molecule has 0 bridgehead atoms. The van der Waals surface area contributed by atoms with Crippen molar-refractivity contribution in [1.29, 1.82) is 0 Å². The summed E-state index contributed by atoms with van der Waals surface area (Å²) in [5.41, 5.74) is 4.61. The van der Waals surface area contributed by atoms with Gasteiger partial charge in [-0.1, -0.05) is 32.0 Å². The fraction of sp³-hybridized carbons (Fsp3) is 0.423. The number of rotatable bonds is 6. The number of amides is 1. The Morgan fingerprint density at radius 2 is 1.87 bits per heavy atom. The Labute approximate surface area is 184 Å². The zero-order chi connectivity index (χ0) is 22.0. The summed E-state index contributed by atoms with van der Waals surface area (Å²) in [6.45, 7) is 8.16. The number of H-pyrrole nitrogens is 1. The second kappa shape index (κ2) is 9.15. The van der Waals surface area contributed by atoms with Crippen molar-refractivity contribution in [3.63, 3.8) is 0 Å². The molecule has 4 rings (SSSR count). The van der Waals surface area contributed by atoms with Crippen LogP contribution in [0.3, 0.4) is 0 Å². The molecule has 1 atom stereocenters. The van der Waals surface area contributed by atoms with Gasteiger partial charge in [0, 0.05) is 22.8 Å². The quantitative estimate of drug-likeness (QED) is 0.554. The standard InChI is InChI=1S/C26H33N3O2/c1-17(2)21-7-5-6-8-25(21)28-26(30)18(3)29-13-11-19(12-14-29)23-16-27-24-10-9-20(31-4)15-22(23)24/h5-10,15-19,27H,11-14H2,1-4H3,(H,28,30). The van der Waals surface area contributed by atoms with E-state index in [1.54, 1.807) is 7.11 Å². The number of aromatic amines is 1. The van der Waals surface area contributed by atoms with Crippen LogP contribution in [0.4, 0.5) is 5.69 Å². The van der Waals surface area contributed by atoms with Crippen LogP contribution >= 0.6 is 0 Å². The molecule has 1 aliphatic heterocycles. The molecule has 1 amide bonds. The summed E-state index contributed by atoms with van der Waals surface area (Å²) in [5.74, 6) is 1.83. The number of carbonyl (C=O) groups excluding carboxylic acids is 1. The van der Waals surface area contributed by atoms with Gasteiger partial charge in [0.25, 0.3) is 0 Å². The molecule has 1 saturated heterocycles. The zero-order valence-corrected chi connectivity index (χ0v) is 18.9. The van der Waals surface area contributed by atoms with Gasteiger partial charge in [0.15, 0.2) is 0 Å². The van der Waals surface area contributed by atoms with E-state index in [1.165, 1.54) is 16.5 Å². The Bertz CT molecular complexity index is 1050. The number of likely N-dealkylation sites (tertiary alicyclic amines) is 1. The monoisotopic (exact) mass is 419 g/mol. The normalized spacial score (nSPS) is 16.5. The lowest BCUT2D eigenvalue weighted by Gasteiger charge is -2.35. The number of fused-ring (bicyclic) bond motifs is 1. The minimum atomic E-state index is -0.149. The molecule has 2 heterocycles. The average Bonchev–Trinajstić information content (AvgIpc) is 3.22. The highest BCUT2D eigenvalue weighted by Gasteiger charge is 2.28. The van der Waals surface area contributed by atoms with Gasteiger partial charge in [0.05, 0.1) is 13.2 Å². The highest BCUT2D eigenvalue weighted by molar-refractivity contribution is 5.95.